The van der Waals surface area contributed by atoms with Crippen LogP contribution in [0.4, 0.5) is 0 Å². The lowest BCUT2D eigenvalue weighted by Gasteiger charge is -2.37. The third-order valence-electron chi connectivity index (χ3n) is 3.62. The molecule has 2 rings (SSSR count). The van der Waals surface area contributed by atoms with Crippen LogP contribution in [0.3, 0.4) is 0 Å². The lowest BCUT2D eigenvalue weighted by Crippen LogP contribution is -2.46. The molecule has 0 radical (unpaired) electrons. The second-order valence-corrected chi connectivity index (χ2v) is 4.72. The monoisotopic (exact) mass is 196 g/mol. The molecular weight excluding hydrogens is 176 g/mol. The van der Waals surface area contributed by atoms with Crippen LogP contribution >= 0.6 is 0 Å². The van der Waals surface area contributed by atoms with E-state index in [0.717, 1.165) is 38.8 Å². The highest BCUT2D eigenvalue weighted by Gasteiger charge is 2.34. The first-order chi connectivity index (χ1) is 6.68. The van der Waals surface area contributed by atoms with Gasteiger partial charge in [-0.3, -0.25) is 4.79 Å². The average Bonchev–Trinajstić information content (AvgIpc) is 2.49. The van der Waals surface area contributed by atoms with Crippen molar-refractivity contribution >= 4 is 5.91 Å². The Morgan fingerprint density at radius 3 is 2.36 bits per heavy atom. The second kappa shape index (κ2) is 3.89. The van der Waals surface area contributed by atoms with E-state index in [1.165, 1.54) is 0 Å². The maximum atomic E-state index is 11.7. The number of piperidine rings is 1. The minimum atomic E-state index is 0.382. The molecule has 3 heteroatoms. The second-order valence-electron chi connectivity index (χ2n) is 4.72. The molecule has 0 saturated carbocycles. The van der Waals surface area contributed by atoms with Crippen LogP contribution in [0.25, 0.3) is 0 Å². The molecule has 2 aliphatic rings. The van der Waals surface area contributed by atoms with Crippen molar-refractivity contribution in [2.45, 2.75) is 44.7 Å². The van der Waals surface area contributed by atoms with E-state index in [1.54, 1.807) is 0 Å². The lowest BCUT2D eigenvalue weighted by molar-refractivity contribution is -0.131. The van der Waals surface area contributed by atoms with Gasteiger partial charge >= 0.3 is 0 Å². The minimum Gasteiger partial charge on any atom is -0.337 e. The summed E-state index contributed by atoms with van der Waals surface area (Å²) in [4.78, 5) is 16.2. The van der Waals surface area contributed by atoms with E-state index in [4.69, 9.17) is 0 Å². The molecule has 2 heterocycles. The molecule has 2 fully saturated rings. The van der Waals surface area contributed by atoms with Gasteiger partial charge in [-0.1, -0.05) is 0 Å². The summed E-state index contributed by atoms with van der Waals surface area (Å²) in [6.45, 7) is 4.46. The number of amides is 1. The Morgan fingerprint density at radius 2 is 1.86 bits per heavy atom. The molecule has 3 nitrogen and oxygen atoms in total. The van der Waals surface area contributed by atoms with Crippen LogP contribution in [0.15, 0.2) is 0 Å². The topological polar surface area (TPSA) is 23.6 Å². The zero-order valence-electron chi connectivity index (χ0n) is 9.20. The highest BCUT2D eigenvalue weighted by Crippen LogP contribution is 2.26. The van der Waals surface area contributed by atoms with Crippen molar-refractivity contribution in [1.29, 1.82) is 0 Å². The predicted octanol–water partition coefficient (Wildman–Crippen LogP) is 1.09. The molecule has 0 aromatic heterocycles. The summed E-state index contributed by atoms with van der Waals surface area (Å²) in [6, 6.07) is 1.01. The van der Waals surface area contributed by atoms with E-state index < -0.39 is 0 Å². The van der Waals surface area contributed by atoms with Gasteiger partial charge in [0.1, 0.15) is 0 Å². The summed E-state index contributed by atoms with van der Waals surface area (Å²) in [5.74, 6) is 0.382. The van der Waals surface area contributed by atoms with Gasteiger partial charge in [0.2, 0.25) is 5.91 Å². The van der Waals surface area contributed by atoms with Gasteiger partial charge in [0.05, 0.1) is 0 Å². The number of likely N-dealkylation sites (tertiary alicyclic amines) is 2. The summed E-state index contributed by atoms with van der Waals surface area (Å²) in [5.41, 5.74) is 0. The van der Waals surface area contributed by atoms with Crippen molar-refractivity contribution in [1.82, 2.24) is 9.80 Å². The van der Waals surface area contributed by atoms with Crippen molar-refractivity contribution in [3.05, 3.63) is 0 Å². The molecule has 2 saturated heterocycles. The number of nitrogens with zero attached hydrogens (tertiary/aromatic N) is 2. The molecule has 80 valence electrons. The molecule has 0 spiro atoms. The fourth-order valence-electron chi connectivity index (χ4n) is 2.68. The molecule has 0 aromatic carbocycles. The maximum Gasteiger partial charge on any atom is 0.223 e. The quantitative estimate of drug-likeness (QED) is 0.627. The molecule has 0 aliphatic carbocycles. The molecule has 14 heavy (non-hydrogen) atoms. The normalized spacial score (nSPS) is 31.4. The first kappa shape index (κ1) is 9.97. The van der Waals surface area contributed by atoms with Gasteiger partial charge < -0.3 is 9.80 Å². The fourth-order valence-corrected chi connectivity index (χ4v) is 2.68. The van der Waals surface area contributed by atoms with Crippen LogP contribution in [0.2, 0.25) is 0 Å². The lowest BCUT2D eigenvalue weighted by atomic mass is 10.0. The number of carbonyl (C=O) groups is 1. The number of rotatable bonds is 1. The van der Waals surface area contributed by atoms with Gasteiger partial charge in [-0.25, -0.2) is 0 Å². The summed E-state index contributed by atoms with van der Waals surface area (Å²) in [6.07, 6.45) is 4.15. The molecule has 1 amide bonds. The highest BCUT2D eigenvalue weighted by atomic mass is 16.2. The van der Waals surface area contributed by atoms with Crippen molar-refractivity contribution in [3.63, 3.8) is 0 Å². The van der Waals surface area contributed by atoms with Gasteiger partial charge in [-0.2, -0.15) is 0 Å². The van der Waals surface area contributed by atoms with Gasteiger partial charge in [0, 0.05) is 18.5 Å². The van der Waals surface area contributed by atoms with E-state index in [9.17, 15) is 4.79 Å². The fraction of sp³-hybridized carbons (Fsp3) is 0.909. The Kier molecular flexibility index (Phi) is 2.77. The molecule has 0 bridgehead atoms. The molecule has 1 atom stereocenters. The molecule has 0 unspecified atom stereocenters. The van der Waals surface area contributed by atoms with E-state index in [-0.39, 0.29) is 0 Å². The zero-order chi connectivity index (χ0) is 10.1. The van der Waals surface area contributed by atoms with Gasteiger partial charge in [-0.15, -0.1) is 0 Å². The van der Waals surface area contributed by atoms with E-state index in [2.05, 4.69) is 23.8 Å². The smallest absolute Gasteiger partial charge is 0.223 e. The maximum absolute atomic E-state index is 11.7. The van der Waals surface area contributed by atoms with Crippen LogP contribution in [0, 0.1) is 0 Å². The van der Waals surface area contributed by atoms with Crippen molar-refractivity contribution in [2.24, 2.45) is 0 Å². The SMILES string of the molecule is C[C@@H]1CCC(=O)N1C1CCN(C)CC1. The van der Waals surface area contributed by atoms with Gasteiger partial charge in [0.25, 0.3) is 0 Å². The molecule has 2 aliphatic heterocycles. The first-order valence-corrected chi connectivity index (χ1v) is 5.68. The molecule has 0 N–H and O–H groups in total. The van der Waals surface area contributed by atoms with Crippen LogP contribution in [-0.2, 0) is 4.79 Å². The Hall–Kier alpha value is -0.570. The summed E-state index contributed by atoms with van der Waals surface area (Å²) in [7, 11) is 2.16. The van der Waals surface area contributed by atoms with E-state index >= 15 is 0 Å². The summed E-state index contributed by atoms with van der Waals surface area (Å²) < 4.78 is 0. The third-order valence-corrected chi connectivity index (χ3v) is 3.62. The number of carbonyl (C=O) groups excluding carboxylic acids is 1. The van der Waals surface area contributed by atoms with Crippen LogP contribution in [-0.4, -0.2) is 47.9 Å². The van der Waals surface area contributed by atoms with Crippen LogP contribution < -0.4 is 0 Å². The Morgan fingerprint density at radius 1 is 1.21 bits per heavy atom. The summed E-state index contributed by atoms with van der Waals surface area (Å²) in [5, 5.41) is 0. The summed E-state index contributed by atoms with van der Waals surface area (Å²) >= 11 is 0. The Bertz CT molecular complexity index is 221. The van der Waals surface area contributed by atoms with Crippen molar-refractivity contribution < 1.29 is 4.79 Å². The minimum absolute atomic E-state index is 0.382. The zero-order valence-corrected chi connectivity index (χ0v) is 9.20. The Balaban J connectivity index is 1.97. The van der Waals surface area contributed by atoms with E-state index in [1.807, 2.05) is 0 Å². The largest absolute Gasteiger partial charge is 0.337 e. The molecular formula is C11H20N2O. The predicted molar refractivity (Wildman–Crippen MR) is 56.1 cm³/mol. The van der Waals surface area contributed by atoms with Crippen molar-refractivity contribution in [2.75, 3.05) is 20.1 Å². The van der Waals surface area contributed by atoms with Crippen LogP contribution in [0.5, 0.6) is 0 Å². The number of hydrogen-bond donors (Lipinski definition) is 0. The highest BCUT2D eigenvalue weighted by molar-refractivity contribution is 5.79. The van der Waals surface area contributed by atoms with Gasteiger partial charge in [0.15, 0.2) is 0 Å². The van der Waals surface area contributed by atoms with Gasteiger partial charge in [-0.05, 0) is 46.3 Å². The molecule has 0 aromatic rings. The van der Waals surface area contributed by atoms with E-state index in [0.29, 0.717) is 18.0 Å². The van der Waals surface area contributed by atoms with Crippen LogP contribution in [0.1, 0.15) is 32.6 Å². The third kappa shape index (κ3) is 1.78. The Labute approximate surface area is 86.1 Å². The standard InChI is InChI=1S/C11H20N2O/c1-9-3-4-11(14)13(9)10-5-7-12(2)8-6-10/h9-10H,3-8H2,1-2H3/t9-/m1/s1. The number of hydrogen-bond acceptors (Lipinski definition) is 2. The first-order valence-electron chi connectivity index (χ1n) is 5.68. The van der Waals surface area contributed by atoms with Crippen molar-refractivity contribution in [3.8, 4) is 0 Å². The average molecular weight is 196 g/mol.